The van der Waals surface area contributed by atoms with E-state index < -0.39 is 5.95 Å². The van der Waals surface area contributed by atoms with Crippen LogP contribution in [0.2, 0.25) is 0 Å². The Morgan fingerprint density at radius 1 is 1.33 bits per heavy atom. The van der Waals surface area contributed by atoms with E-state index in [0.29, 0.717) is 5.75 Å². The summed E-state index contributed by atoms with van der Waals surface area (Å²) < 4.78 is 18.1. The molecule has 1 aromatic rings. The number of aromatic nitrogens is 1. The predicted octanol–water partition coefficient (Wildman–Crippen LogP) is 1.77. The van der Waals surface area contributed by atoms with Gasteiger partial charge in [-0.15, -0.1) is 12.4 Å². The Labute approximate surface area is 94.5 Å². The molecule has 1 aliphatic heterocycles. The van der Waals surface area contributed by atoms with Crippen molar-refractivity contribution in [3.05, 3.63) is 24.3 Å². The third-order valence-corrected chi connectivity index (χ3v) is 2.29. The summed E-state index contributed by atoms with van der Waals surface area (Å²) in [4.78, 5) is 3.54. The second-order valence-corrected chi connectivity index (χ2v) is 3.38. The number of rotatable bonds is 2. The van der Waals surface area contributed by atoms with Crippen LogP contribution in [0.15, 0.2) is 18.3 Å². The Morgan fingerprint density at radius 2 is 2.07 bits per heavy atom. The molecule has 1 saturated heterocycles. The van der Waals surface area contributed by atoms with E-state index in [1.807, 2.05) is 0 Å². The Bertz CT molecular complexity index is 288. The van der Waals surface area contributed by atoms with E-state index in [9.17, 15) is 4.39 Å². The van der Waals surface area contributed by atoms with Crippen LogP contribution in [-0.2, 0) is 0 Å². The summed E-state index contributed by atoms with van der Waals surface area (Å²) in [6, 6.07) is 2.93. The summed E-state index contributed by atoms with van der Waals surface area (Å²) in [5.41, 5.74) is 0. The van der Waals surface area contributed by atoms with E-state index >= 15 is 0 Å². The fourth-order valence-electron chi connectivity index (χ4n) is 1.54. The Hall–Kier alpha value is -0.870. The first kappa shape index (κ1) is 12.2. The van der Waals surface area contributed by atoms with Crippen LogP contribution in [0.1, 0.15) is 12.8 Å². The zero-order chi connectivity index (χ0) is 9.80. The van der Waals surface area contributed by atoms with Crippen molar-refractivity contribution in [1.82, 2.24) is 10.3 Å². The molecule has 1 fully saturated rings. The third kappa shape index (κ3) is 3.64. The first-order valence-electron chi connectivity index (χ1n) is 4.83. The van der Waals surface area contributed by atoms with Gasteiger partial charge in [0.05, 0.1) is 6.20 Å². The van der Waals surface area contributed by atoms with Crippen LogP contribution in [0, 0.1) is 5.95 Å². The molecule has 84 valence electrons. The molecule has 1 aliphatic rings. The van der Waals surface area contributed by atoms with Gasteiger partial charge in [-0.05, 0) is 38.1 Å². The van der Waals surface area contributed by atoms with Crippen molar-refractivity contribution in [3.8, 4) is 5.75 Å². The van der Waals surface area contributed by atoms with Crippen molar-refractivity contribution in [2.75, 3.05) is 13.1 Å². The van der Waals surface area contributed by atoms with E-state index in [2.05, 4.69) is 10.3 Å². The van der Waals surface area contributed by atoms with Gasteiger partial charge in [0, 0.05) is 0 Å². The molecule has 1 N–H and O–H groups in total. The van der Waals surface area contributed by atoms with E-state index in [1.54, 1.807) is 6.07 Å². The Morgan fingerprint density at radius 3 is 2.67 bits per heavy atom. The fraction of sp³-hybridized carbons (Fsp3) is 0.500. The third-order valence-electron chi connectivity index (χ3n) is 2.29. The predicted molar refractivity (Wildman–Crippen MR) is 58.0 cm³/mol. The Kier molecular flexibility index (Phi) is 4.78. The normalized spacial score (nSPS) is 16.9. The van der Waals surface area contributed by atoms with Crippen molar-refractivity contribution in [2.24, 2.45) is 0 Å². The fourth-order valence-corrected chi connectivity index (χ4v) is 1.54. The molecule has 0 atom stereocenters. The molecule has 0 saturated carbocycles. The number of ether oxygens (including phenoxy) is 1. The Balaban J connectivity index is 0.00000112. The number of pyridine rings is 1. The molecule has 2 rings (SSSR count). The average Bonchev–Trinajstić information content (AvgIpc) is 2.23. The van der Waals surface area contributed by atoms with Crippen molar-refractivity contribution in [3.63, 3.8) is 0 Å². The second-order valence-electron chi connectivity index (χ2n) is 3.38. The topological polar surface area (TPSA) is 34.1 Å². The van der Waals surface area contributed by atoms with Gasteiger partial charge >= 0.3 is 0 Å². The first-order valence-corrected chi connectivity index (χ1v) is 4.83. The lowest BCUT2D eigenvalue weighted by Gasteiger charge is -2.23. The van der Waals surface area contributed by atoms with Gasteiger partial charge in [-0.3, -0.25) is 0 Å². The summed E-state index contributed by atoms with van der Waals surface area (Å²) in [6.07, 6.45) is 3.66. The molecule has 1 aromatic heterocycles. The number of hydrogen-bond acceptors (Lipinski definition) is 3. The van der Waals surface area contributed by atoms with Crippen LogP contribution < -0.4 is 10.1 Å². The highest BCUT2D eigenvalue weighted by Gasteiger charge is 2.14. The average molecular weight is 233 g/mol. The molecule has 0 bridgehead atoms. The minimum atomic E-state index is -0.470. The van der Waals surface area contributed by atoms with Crippen molar-refractivity contribution in [2.45, 2.75) is 18.9 Å². The number of nitrogens with zero attached hydrogens (tertiary/aromatic N) is 1. The van der Waals surface area contributed by atoms with Crippen LogP contribution in [0.4, 0.5) is 4.39 Å². The van der Waals surface area contributed by atoms with Gasteiger partial charge in [-0.2, -0.15) is 4.39 Å². The van der Waals surface area contributed by atoms with Crippen LogP contribution in [0.5, 0.6) is 5.75 Å². The highest BCUT2D eigenvalue weighted by Crippen LogP contribution is 2.15. The van der Waals surface area contributed by atoms with Crippen molar-refractivity contribution >= 4 is 12.4 Å². The van der Waals surface area contributed by atoms with Crippen LogP contribution >= 0.6 is 12.4 Å². The van der Waals surface area contributed by atoms with Gasteiger partial charge in [-0.25, -0.2) is 4.98 Å². The van der Waals surface area contributed by atoms with Gasteiger partial charge < -0.3 is 10.1 Å². The van der Waals surface area contributed by atoms with Crippen LogP contribution in [0.25, 0.3) is 0 Å². The number of nitrogens with one attached hydrogen (secondary N) is 1. The molecule has 0 aliphatic carbocycles. The zero-order valence-electron chi connectivity index (χ0n) is 8.28. The molecule has 3 nitrogen and oxygen atoms in total. The monoisotopic (exact) mass is 232 g/mol. The second kappa shape index (κ2) is 5.88. The minimum absolute atomic E-state index is 0. The molecule has 5 heteroatoms. The van der Waals surface area contributed by atoms with Gasteiger partial charge in [0.1, 0.15) is 11.9 Å². The van der Waals surface area contributed by atoms with Crippen LogP contribution in [0.3, 0.4) is 0 Å². The standard InChI is InChI=1S/C10H13FN2O.ClH/c11-10-2-1-9(7-13-10)14-8-3-5-12-6-4-8;/h1-2,7-8,12H,3-6H2;1H. The number of hydrogen-bond donors (Lipinski definition) is 1. The van der Waals surface area contributed by atoms with Crippen molar-refractivity contribution in [1.29, 1.82) is 0 Å². The molecule has 0 amide bonds. The lowest BCUT2D eigenvalue weighted by molar-refractivity contribution is 0.161. The smallest absolute Gasteiger partial charge is 0.213 e. The van der Waals surface area contributed by atoms with E-state index in [0.717, 1.165) is 25.9 Å². The summed E-state index contributed by atoms with van der Waals surface area (Å²) in [5.74, 6) is 0.181. The van der Waals surface area contributed by atoms with E-state index in [1.165, 1.54) is 12.3 Å². The highest BCUT2D eigenvalue weighted by molar-refractivity contribution is 5.85. The van der Waals surface area contributed by atoms with Crippen molar-refractivity contribution < 1.29 is 9.13 Å². The maximum atomic E-state index is 12.5. The molecule has 0 spiro atoms. The first-order chi connectivity index (χ1) is 6.84. The highest BCUT2D eigenvalue weighted by atomic mass is 35.5. The van der Waals surface area contributed by atoms with E-state index in [4.69, 9.17) is 4.74 Å². The lowest BCUT2D eigenvalue weighted by Crippen LogP contribution is -2.34. The molecule has 0 radical (unpaired) electrons. The largest absolute Gasteiger partial charge is 0.489 e. The lowest BCUT2D eigenvalue weighted by atomic mass is 10.1. The molecule has 0 unspecified atom stereocenters. The zero-order valence-corrected chi connectivity index (χ0v) is 9.10. The maximum Gasteiger partial charge on any atom is 0.213 e. The maximum absolute atomic E-state index is 12.5. The molecule has 0 aromatic carbocycles. The van der Waals surface area contributed by atoms with Gasteiger partial charge in [0.15, 0.2) is 0 Å². The van der Waals surface area contributed by atoms with Gasteiger partial charge in [0.2, 0.25) is 5.95 Å². The summed E-state index contributed by atoms with van der Waals surface area (Å²) in [6.45, 7) is 1.97. The molecular weight excluding hydrogens is 219 g/mol. The minimum Gasteiger partial charge on any atom is -0.489 e. The molecule has 15 heavy (non-hydrogen) atoms. The van der Waals surface area contributed by atoms with Gasteiger partial charge in [0.25, 0.3) is 0 Å². The summed E-state index contributed by atoms with van der Waals surface area (Å²) in [7, 11) is 0. The SMILES string of the molecule is Cl.Fc1ccc(OC2CCNCC2)cn1. The summed E-state index contributed by atoms with van der Waals surface area (Å²) in [5, 5.41) is 3.25. The quantitative estimate of drug-likeness (QED) is 0.790. The molecular formula is C10H14ClFN2O. The van der Waals surface area contributed by atoms with E-state index in [-0.39, 0.29) is 18.5 Å². The molecule has 2 heterocycles. The van der Waals surface area contributed by atoms with Crippen LogP contribution in [-0.4, -0.2) is 24.2 Å². The van der Waals surface area contributed by atoms with Gasteiger partial charge in [-0.1, -0.05) is 0 Å². The summed E-state index contributed by atoms with van der Waals surface area (Å²) >= 11 is 0. The number of piperidine rings is 1. The number of halogens is 2.